The van der Waals surface area contributed by atoms with E-state index in [1.165, 1.54) is 37.6 Å². The minimum absolute atomic E-state index is 0.0238. The minimum atomic E-state index is -3.93. The van der Waals surface area contributed by atoms with Crippen molar-refractivity contribution in [3.8, 4) is 17.2 Å². The van der Waals surface area contributed by atoms with Crippen molar-refractivity contribution >= 4 is 16.0 Å². The summed E-state index contributed by atoms with van der Waals surface area (Å²) in [7, 11) is -2.44. The Kier molecular flexibility index (Phi) is 7.09. The van der Waals surface area contributed by atoms with Gasteiger partial charge in [0.25, 0.3) is 0 Å². The number of oxazole rings is 1. The van der Waals surface area contributed by atoms with E-state index in [1.807, 2.05) is 30.3 Å². The third-order valence-corrected chi connectivity index (χ3v) is 5.96. The van der Waals surface area contributed by atoms with Crippen LogP contribution in [0.4, 0.5) is 0 Å². The van der Waals surface area contributed by atoms with Crippen molar-refractivity contribution in [2.45, 2.75) is 31.4 Å². The van der Waals surface area contributed by atoms with E-state index in [2.05, 4.69) is 9.71 Å². The molecule has 3 aromatic rings. The van der Waals surface area contributed by atoms with Gasteiger partial charge in [-0.25, -0.2) is 13.4 Å². The van der Waals surface area contributed by atoms with Gasteiger partial charge in [0.1, 0.15) is 30.4 Å². The van der Waals surface area contributed by atoms with Gasteiger partial charge in [0.15, 0.2) is 0 Å². The van der Waals surface area contributed by atoms with Crippen LogP contribution in [-0.4, -0.2) is 32.5 Å². The van der Waals surface area contributed by atoms with E-state index in [-0.39, 0.29) is 17.4 Å². The molecule has 9 heteroatoms. The minimum Gasteiger partial charge on any atom is -0.497 e. The molecule has 1 heterocycles. The van der Waals surface area contributed by atoms with Crippen molar-refractivity contribution in [3.05, 3.63) is 66.6 Å². The average Bonchev–Trinajstić information content (AvgIpc) is 3.25. The Bertz CT molecular complexity index is 1110. The SMILES string of the molecule is COc1ccc(S(=O)(=O)NC(C(=O)OCc2coc(-c3ccccc3)n2)C(C)C)cc1. The second-order valence-corrected chi connectivity index (χ2v) is 8.85. The number of ether oxygens (including phenoxy) is 2. The van der Waals surface area contributed by atoms with Crippen LogP contribution in [0.25, 0.3) is 11.5 Å². The lowest BCUT2D eigenvalue weighted by Crippen LogP contribution is -2.45. The highest BCUT2D eigenvalue weighted by Crippen LogP contribution is 2.19. The number of carbonyl (C=O) groups is 1. The first-order valence-electron chi connectivity index (χ1n) is 9.63. The Balaban J connectivity index is 1.66. The number of aromatic nitrogens is 1. The van der Waals surface area contributed by atoms with E-state index in [4.69, 9.17) is 13.9 Å². The standard InChI is InChI=1S/C22H24N2O6S/c1-15(2)20(24-31(26,27)19-11-9-18(28-3)10-12-19)22(25)30-14-17-13-29-21(23-17)16-7-5-4-6-8-16/h4-13,15,20,24H,14H2,1-3H3. The molecule has 0 amide bonds. The first-order valence-corrected chi connectivity index (χ1v) is 11.1. The molecule has 1 unspecified atom stereocenters. The summed E-state index contributed by atoms with van der Waals surface area (Å²) in [5, 5.41) is 0. The summed E-state index contributed by atoms with van der Waals surface area (Å²) in [5.74, 6) is -0.0948. The summed E-state index contributed by atoms with van der Waals surface area (Å²) in [6.07, 6.45) is 1.40. The molecule has 0 bridgehead atoms. The predicted octanol–water partition coefficient (Wildman–Crippen LogP) is 3.40. The monoisotopic (exact) mass is 444 g/mol. The fourth-order valence-electron chi connectivity index (χ4n) is 2.77. The Morgan fingerprint density at radius 3 is 2.39 bits per heavy atom. The summed E-state index contributed by atoms with van der Waals surface area (Å²) in [5.41, 5.74) is 1.22. The smallest absolute Gasteiger partial charge is 0.324 e. The van der Waals surface area contributed by atoms with Gasteiger partial charge in [-0.05, 0) is 42.3 Å². The third kappa shape index (κ3) is 5.71. The average molecular weight is 445 g/mol. The number of benzene rings is 2. The van der Waals surface area contributed by atoms with Gasteiger partial charge in [-0.15, -0.1) is 0 Å². The van der Waals surface area contributed by atoms with E-state index in [9.17, 15) is 13.2 Å². The van der Waals surface area contributed by atoms with Crippen molar-refractivity contribution in [1.82, 2.24) is 9.71 Å². The Morgan fingerprint density at radius 1 is 1.10 bits per heavy atom. The van der Waals surface area contributed by atoms with Crippen molar-refractivity contribution in [3.63, 3.8) is 0 Å². The van der Waals surface area contributed by atoms with Gasteiger partial charge in [0.2, 0.25) is 15.9 Å². The number of carbonyl (C=O) groups excluding carboxylic acids is 1. The molecule has 0 spiro atoms. The van der Waals surface area contributed by atoms with Crippen LogP contribution in [0.2, 0.25) is 0 Å². The lowest BCUT2D eigenvalue weighted by atomic mass is 10.1. The van der Waals surface area contributed by atoms with Crippen molar-refractivity contribution < 1.29 is 27.1 Å². The third-order valence-electron chi connectivity index (χ3n) is 4.51. The first kappa shape index (κ1) is 22.5. The Morgan fingerprint density at radius 2 is 1.77 bits per heavy atom. The zero-order valence-corrected chi connectivity index (χ0v) is 18.3. The molecular formula is C22H24N2O6S. The molecule has 1 aromatic heterocycles. The zero-order chi connectivity index (χ0) is 22.4. The number of sulfonamides is 1. The number of methoxy groups -OCH3 is 1. The highest BCUT2D eigenvalue weighted by atomic mass is 32.2. The van der Waals surface area contributed by atoms with Crippen LogP contribution in [0, 0.1) is 5.92 Å². The summed E-state index contributed by atoms with van der Waals surface area (Å²) < 4.78 is 43.6. The van der Waals surface area contributed by atoms with Crippen LogP contribution >= 0.6 is 0 Å². The summed E-state index contributed by atoms with van der Waals surface area (Å²) >= 11 is 0. The fourth-order valence-corrected chi connectivity index (χ4v) is 4.10. The molecule has 1 atom stereocenters. The van der Waals surface area contributed by atoms with E-state index < -0.39 is 22.0 Å². The van der Waals surface area contributed by atoms with E-state index in [1.54, 1.807) is 13.8 Å². The van der Waals surface area contributed by atoms with Crippen LogP contribution < -0.4 is 9.46 Å². The fraction of sp³-hybridized carbons (Fsp3) is 0.273. The molecule has 8 nitrogen and oxygen atoms in total. The molecule has 2 aromatic carbocycles. The van der Waals surface area contributed by atoms with E-state index >= 15 is 0 Å². The predicted molar refractivity (Wildman–Crippen MR) is 114 cm³/mol. The molecule has 0 saturated heterocycles. The van der Waals surface area contributed by atoms with E-state index in [0.717, 1.165) is 5.56 Å². The molecule has 31 heavy (non-hydrogen) atoms. The van der Waals surface area contributed by atoms with Crippen LogP contribution in [0.15, 0.2) is 70.2 Å². The maximum Gasteiger partial charge on any atom is 0.324 e. The number of hydrogen-bond acceptors (Lipinski definition) is 7. The van der Waals surface area contributed by atoms with E-state index in [0.29, 0.717) is 17.3 Å². The lowest BCUT2D eigenvalue weighted by Gasteiger charge is -2.20. The summed E-state index contributed by atoms with van der Waals surface area (Å²) in [4.78, 5) is 16.9. The van der Waals surface area contributed by atoms with Crippen molar-refractivity contribution in [2.24, 2.45) is 5.92 Å². The largest absolute Gasteiger partial charge is 0.497 e. The number of rotatable bonds is 9. The summed E-state index contributed by atoms with van der Waals surface area (Å²) in [6, 6.07) is 14.1. The molecule has 0 aliphatic heterocycles. The molecular weight excluding hydrogens is 420 g/mol. The van der Waals surface area contributed by atoms with Crippen LogP contribution in [-0.2, 0) is 26.2 Å². The Labute approximate surface area is 181 Å². The number of nitrogens with zero attached hydrogens (tertiary/aromatic N) is 1. The van der Waals surface area contributed by atoms with Gasteiger partial charge >= 0.3 is 5.97 Å². The maximum atomic E-state index is 12.7. The number of esters is 1. The number of hydrogen-bond donors (Lipinski definition) is 1. The van der Waals surface area contributed by atoms with Gasteiger partial charge in [0.05, 0.1) is 12.0 Å². The molecule has 164 valence electrons. The van der Waals surface area contributed by atoms with Crippen LogP contribution in [0.1, 0.15) is 19.5 Å². The maximum absolute atomic E-state index is 12.7. The summed E-state index contributed by atoms with van der Waals surface area (Å²) in [6.45, 7) is 3.32. The molecule has 1 N–H and O–H groups in total. The highest BCUT2D eigenvalue weighted by Gasteiger charge is 2.30. The quantitative estimate of drug-likeness (QED) is 0.504. The molecule has 0 fully saturated rings. The van der Waals surface area contributed by atoms with Gasteiger partial charge in [-0.2, -0.15) is 4.72 Å². The topological polar surface area (TPSA) is 108 Å². The molecule has 3 rings (SSSR count). The van der Waals surface area contributed by atoms with Crippen LogP contribution in [0.3, 0.4) is 0 Å². The Hall–Kier alpha value is -3.17. The first-order chi connectivity index (χ1) is 14.8. The normalized spacial score (nSPS) is 12.5. The lowest BCUT2D eigenvalue weighted by molar-refractivity contribution is -0.148. The number of nitrogens with one attached hydrogen (secondary N) is 1. The van der Waals surface area contributed by atoms with Crippen molar-refractivity contribution in [1.29, 1.82) is 0 Å². The van der Waals surface area contributed by atoms with Gasteiger partial charge in [-0.3, -0.25) is 4.79 Å². The highest BCUT2D eigenvalue weighted by molar-refractivity contribution is 7.89. The second-order valence-electron chi connectivity index (χ2n) is 7.14. The van der Waals surface area contributed by atoms with Crippen molar-refractivity contribution in [2.75, 3.05) is 7.11 Å². The van der Waals surface area contributed by atoms with Gasteiger partial charge in [0, 0.05) is 5.56 Å². The zero-order valence-electron chi connectivity index (χ0n) is 17.4. The van der Waals surface area contributed by atoms with Crippen LogP contribution in [0.5, 0.6) is 5.75 Å². The van der Waals surface area contributed by atoms with Gasteiger partial charge in [-0.1, -0.05) is 32.0 Å². The molecule has 0 saturated carbocycles. The molecule has 0 aliphatic rings. The second kappa shape index (κ2) is 9.76. The molecule has 0 aliphatic carbocycles. The molecule has 0 radical (unpaired) electrons. The van der Waals surface area contributed by atoms with Gasteiger partial charge < -0.3 is 13.9 Å².